The molecule has 2 amide bonds. The lowest BCUT2D eigenvalue weighted by Gasteiger charge is -2.35. The van der Waals surface area contributed by atoms with Crippen molar-refractivity contribution in [2.45, 2.75) is 25.2 Å². The third-order valence-corrected chi connectivity index (χ3v) is 3.75. The topological polar surface area (TPSA) is 78.9 Å². The maximum absolute atomic E-state index is 12.1. The van der Waals surface area contributed by atoms with Crippen LogP contribution in [0.1, 0.15) is 12.0 Å². The summed E-state index contributed by atoms with van der Waals surface area (Å²) in [6.07, 6.45) is -0.764. The Morgan fingerprint density at radius 1 is 1.36 bits per heavy atom. The summed E-state index contributed by atoms with van der Waals surface area (Å²) in [4.78, 5) is 24.9. The van der Waals surface area contributed by atoms with Crippen molar-refractivity contribution < 1.29 is 19.4 Å². The van der Waals surface area contributed by atoms with E-state index >= 15 is 0 Å². The van der Waals surface area contributed by atoms with Gasteiger partial charge in [0.1, 0.15) is 12.5 Å². The number of nitrogens with one attached hydrogen (secondary N) is 1. The number of rotatable bonds is 4. The van der Waals surface area contributed by atoms with E-state index in [0.29, 0.717) is 13.0 Å². The first-order chi connectivity index (χ1) is 10.6. The summed E-state index contributed by atoms with van der Waals surface area (Å²) < 4.78 is 5.25. The van der Waals surface area contributed by atoms with Gasteiger partial charge in [-0.1, -0.05) is 30.3 Å². The average Bonchev–Trinajstić information content (AvgIpc) is 2.55. The van der Waals surface area contributed by atoms with Gasteiger partial charge in [-0.25, -0.2) is 4.79 Å². The Bertz CT molecular complexity index is 512. The highest BCUT2D eigenvalue weighted by Gasteiger charge is 2.31. The van der Waals surface area contributed by atoms with E-state index in [1.54, 1.807) is 0 Å². The highest BCUT2D eigenvalue weighted by atomic mass is 35.5. The third-order valence-electron chi connectivity index (χ3n) is 3.51. The molecule has 0 aromatic heterocycles. The Hall–Kier alpha value is -1.79. The first kappa shape index (κ1) is 16.6. The summed E-state index contributed by atoms with van der Waals surface area (Å²) in [6.45, 7) is 0.789. The molecule has 1 aliphatic rings. The first-order valence-electron chi connectivity index (χ1n) is 7.09. The van der Waals surface area contributed by atoms with Crippen molar-refractivity contribution in [1.29, 1.82) is 0 Å². The maximum atomic E-state index is 12.1. The molecule has 2 N–H and O–H groups in total. The van der Waals surface area contributed by atoms with E-state index in [9.17, 15) is 14.7 Å². The number of likely N-dealkylation sites (tertiary alicyclic amines) is 1. The lowest BCUT2D eigenvalue weighted by atomic mass is 10.0. The smallest absolute Gasteiger partial charge is 0.410 e. The minimum Gasteiger partial charge on any atom is -0.445 e. The molecule has 1 aliphatic heterocycles. The summed E-state index contributed by atoms with van der Waals surface area (Å²) in [5.41, 5.74) is 0.903. The minimum atomic E-state index is -0.689. The number of carbonyl (C=O) groups is 2. The van der Waals surface area contributed by atoms with Crippen molar-refractivity contribution in [1.82, 2.24) is 10.2 Å². The molecule has 0 aliphatic carbocycles. The Labute approximate surface area is 134 Å². The third kappa shape index (κ3) is 4.61. The molecule has 1 fully saturated rings. The molecule has 120 valence electrons. The molecule has 0 saturated carbocycles. The van der Waals surface area contributed by atoms with Crippen molar-refractivity contribution in [3.05, 3.63) is 35.9 Å². The number of nitrogens with zero attached hydrogens (tertiary/aromatic N) is 1. The van der Waals surface area contributed by atoms with Crippen LogP contribution in [-0.2, 0) is 16.1 Å². The van der Waals surface area contributed by atoms with Crippen LogP contribution in [0.4, 0.5) is 4.79 Å². The molecule has 7 heteroatoms. The van der Waals surface area contributed by atoms with Crippen LogP contribution in [0.5, 0.6) is 0 Å². The molecule has 0 radical (unpaired) electrons. The normalized spacial score (nSPS) is 21.3. The monoisotopic (exact) mass is 326 g/mol. The molecule has 0 spiro atoms. The van der Waals surface area contributed by atoms with Gasteiger partial charge < -0.3 is 20.1 Å². The SMILES string of the molecule is O=C(CCl)N[C@H]1CN(C(=O)OCc2ccccc2)CCC1O. The van der Waals surface area contributed by atoms with Gasteiger partial charge in [0.15, 0.2) is 0 Å². The predicted octanol–water partition coefficient (Wildman–Crippen LogP) is 1.11. The maximum Gasteiger partial charge on any atom is 0.410 e. The van der Waals surface area contributed by atoms with E-state index in [-0.39, 0.29) is 24.9 Å². The summed E-state index contributed by atoms with van der Waals surface area (Å²) in [7, 11) is 0. The quantitative estimate of drug-likeness (QED) is 0.813. The Kier molecular flexibility index (Phi) is 6.03. The summed E-state index contributed by atoms with van der Waals surface area (Å²) in [5, 5.41) is 12.5. The predicted molar refractivity (Wildman–Crippen MR) is 81.5 cm³/mol. The van der Waals surface area contributed by atoms with Crippen molar-refractivity contribution in [2.75, 3.05) is 19.0 Å². The fourth-order valence-corrected chi connectivity index (χ4v) is 2.38. The van der Waals surface area contributed by atoms with Gasteiger partial charge in [0.25, 0.3) is 0 Å². The molecule has 22 heavy (non-hydrogen) atoms. The lowest BCUT2D eigenvalue weighted by molar-refractivity contribution is -0.120. The minimum absolute atomic E-state index is 0.179. The number of carbonyl (C=O) groups excluding carboxylic acids is 2. The molecule has 1 aromatic carbocycles. The zero-order valence-electron chi connectivity index (χ0n) is 12.1. The van der Waals surface area contributed by atoms with Crippen LogP contribution >= 0.6 is 11.6 Å². The second-order valence-corrected chi connectivity index (χ2v) is 5.42. The summed E-state index contributed by atoms with van der Waals surface area (Å²) in [5.74, 6) is -0.549. The Morgan fingerprint density at radius 3 is 2.77 bits per heavy atom. The summed E-state index contributed by atoms with van der Waals surface area (Å²) in [6, 6.07) is 8.86. The number of halogens is 1. The zero-order chi connectivity index (χ0) is 15.9. The van der Waals surface area contributed by atoms with Crippen molar-refractivity contribution in [3.8, 4) is 0 Å². The number of piperidine rings is 1. The molecular formula is C15H19ClN2O4. The van der Waals surface area contributed by atoms with Crippen LogP contribution in [0.15, 0.2) is 30.3 Å². The van der Waals surface area contributed by atoms with E-state index in [0.717, 1.165) is 5.56 Å². The number of benzene rings is 1. The van der Waals surface area contributed by atoms with Crippen LogP contribution in [0.3, 0.4) is 0 Å². The van der Waals surface area contributed by atoms with Gasteiger partial charge in [-0.2, -0.15) is 0 Å². The molecule has 1 aromatic rings. The van der Waals surface area contributed by atoms with Crippen molar-refractivity contribution in [2.24, 2.45) is 0 Å². The van der Waals surface area contributed by atoms with E-state index in [1.807, 2.05) is 30.3 Å². The second kappa shape index (κ2) is 8.00. The number of aliphatic hydroxyl groups excluding tert-OH is 1. The summed E-state index contributed by atoms with van der Waals surface area (Å²) >= 11 is 5.44. The molecule has 1 saturated heterocycles. The molecular weight excluding hydrogens is 308 g/mol. The molecule has 0 bridgehead atoms. The van der Waals surface area contributed by atoms with Crippen molar-refractivity contribution >= 4 is 23.6 Å². The average molecular weight is 327 g/mol. The van der Waals surface area contributed by atoms with Gasteiger partial charge in [-0.05, 0) is 12.0 Å². The first-order valence-corrected chi connectivity index (χ1v) is 7.62. The van der Waals surface area contributed by atoms with Crippen LogP contribution in [0.25, 0.3) is 0 Å². The fraction of sp³-hybridized carbons (Fsp3) is 0.467. The lowest BCUT2D eigenvalue weighted by Crippen LogP contribution is -2.56. The van der Waals surface area contributed by atoms with Crippen LogP contribution in [0, 0.1) is 0 Å². The van der Waals surface area contributed by atoms with Gasteiger partial charge in [-0.15, -0.1) is 11.6 Å². The van der Waals surface area contributed by atoms with Crippen molar-refractivity contribution in [3.63, 3.8) is 0 Å². The Morgan fingerprint density at radius 2 is 2.09 bits per heavy atom. The molecule has 2 atom stereocenters. The number of ether oxygens (including phenoxy) is 1. The van der Waals surface area contributed by atoms with Gasteiger partial charge in [0, 0.05) is 13.1 Å². The molecule has 1 unspecified atom stereocenters. The number of hydrogen-bond donors (Lipinski definition) is 2. The zero-order valence-corrected chi connectivity index (χ0v) is 12.8. The van der Waals surface area contributed by atoms with E-state index < -0.39 is 18.2 Å². The number of hydrogen-bond acceptors (Lipinski definition) is 4. The second-order valence-electron chi connectivity index (χ2n) is 5.15. The van der Waals surface area contributed by atoms with Crippen LogP contribution in [0.2, 0.25) is 0 Å². The number of aliphatic hydroxyl groups is 1. The van der Waals surface area contributed by atoms with E-state index in [2.05, 4.69) is 5.32 Å². The highest BCUT2D eigenvalue weighted by molar-refractivity contribution is 6.27. The number of alkyl halides is 1. The fourth-order valence-electron chi connectivity index (χ4n) is 2.30. The number of amides is 2. The van der Waals surface area contributed by atoms with Gasteiger partial charge in [-0.3, -0.25) is 4.79 Å². The van der Waals surface area contributed by atoms with Crippen LogP contribution < -0.4 is 5.32 Å². The van der Waals surface area contributed by atoms with Gasteiger partial charge in [0.2, 0.25) is 5.91 Å². The van der Waals surface area contributed by atoms with Gasteiger partial charge >= 0.3 is 6.09 Å². The molecule has 1 heterocycles. The molecule has 2 rings (SSSR count). The highest BCUT2D eigenvalue weighted by Crippen LogP contribution is 2.13. The standard InChI is InChI=1S/C15H19ClN2O4/c16-8-14(20)17-12-9-18(7-6-13(12)19)15(21)22-10-11-4-2-1-3-5-11/h1-5,12-13,19H,6-10H2,(H,17,20)/t12-,13?/m0/s1. The van der Waals surface area contributed by atoms with E-state index in [4.69, 9.17) is 16.3 Å². The molecule has 6 nitrogen and oxygen atoms in total. The van der Waals surface area contributed by atoms with Gasteiger partial charge in [0.05, 0.1) is 12.1 Å². The van der Waals surface area contributed by atoms with Crippen LogP contribution in [-0.4, -0.2) is 53.1 Å². The Balaban J connectivity index is 1.85. The largest absolute Gasteiger partial charge is 0.445 e. The van der Waals surface area contributed by atoms with E-state index in [1.165, 1.54) is 4.90 Å².